The summed E-state index contributed by atoms with van der Waals surface area (Å²) in [4.78, 5) is 0. The molecule has 0 aliphatic carbocycles. The molecular weight excluding hydrogens is 336 g/mol. The van der Waals surface area contributed by atoms with Gasteiger partial charge in [-0.3, -0.25) is 4.57 Å². The second-order valence-electron chi connectivity index (χ2n) is 5.36. The smallest absolute Gasteiger partial charge is 0.200 e. The molecule has 0 radical (unpaired) electrons. The van der Waals surface area contributed by atoms with Gasteiger partial charge in [0.15, 0.2) is 22.5 Å². The number of hydrogen-bond donors (Lipinski definition) is 0. The quantitative estimate of drug-likeness (QED) is 0.476. The Morgan fingerprint density at radius 2 is 1.92 bits per heavy atom. The van der Waals surface area contributed by atoms with Crippen molar-refractivity contribution in [1.29, 1.82) is 0 Å². The summed E-state index contributed by atoms with van der Waals surface area (Å²) in [6.45, 7) is 2.82. The molecule has 1 aromatic carbocycles. The van der Waals surface area contributed by atoms with Crippen molar-refractivity contribution in [2.45, 2.75) is 24.4 Å². The van der Waals surface area contributed by atoms with E-state index in [1.807, 2.05) is 53.1 Å². The molecule has 6 nitrogen and oxygen atoms in total. The van der Waals surface area contributed by atoms with Crippen molar-refractivity contribution in [2.75, 3.05) is 0 Å². The number of rotatable bonds is 6. The average molecular weight is 352 g/mol. The number of furan rings is 1. The topological polar surface area (TPSA) is 69.9 Å². The lowest BCUT2D eigenvalue weighted by atomic mass is 10.2. The summed E-state index contributed by atoms with van der Waals surface area (Å²) < 4.78 is 12.9. The van der Waals surface area contributed by atoms with Crippen LogP contribution in [0.15, 0.2) is 68.9 Å². The Morgan fingerprint density at radius 1 is 1.04 bits per heavy atom. The first-order chi connectivity index (χ1) is 12.3. The second-order valence-corrected chi connectivity index (χ2v) is 6.31. The fourth-order valence-electron chi connectivity index (χ4n) is 2.53. The standard InChI is InChI=1S/C18H16N4O2S/c1-2-22-17(15-9-6-10-23-15)19-20-18(22)25-12-14-11-16(24-21-14)13-7-4-3-5-8-13/h3-11H,2,12H2,1H3. The molecule has 0 bridgehead atoms. The molecule has 0 amide bonds. The highest BCUT2D eigenvalue weighted by molar-refractivity contribution is 7.98. The van der Waals surface area contributed by atoms with E-state index in [0.717, 1.165) is 34.5 Å². The molecule has 0 spiro atoms. The summed E-state index contributed by atoms with van der Waals surface area (Å²) in [5, 5.41) is 13.5. The van der Waals surface area contributed by atoms with Crippen LogP contribution >= 0.6 is 11.8 Å². The van der Waals surface area contributed by atoms with Crippen molar-refractivity contribution in [3.05, 3.63) is 60.5 Å². The molecule has 0 aliphatic heterocycles. The maximum absolute atomic E-state index is 5.44. The summed E-state index contributed by atoms with van der Waals surface area (Å²) in [6, 6.07) is 15.6. The Hall–Kier alpha value is -2.80. The first-order valence-electron chi connectivity index (χ1n) is 7.96. The van der Waals surface area contributed by atoms with E-state index in [4.69, 9.17) is 8.94 Å². The zero-order chi connectivity index (χ0) is 17.1. The summed E-state index contributed by atoms with van der Waals surface area (Å²) in [5.74, 6) is 2.88. The summed E-state index contributed by atoms with van der Waals surface area (Å²) >= 11 is 1.58. The predicted molar refractivity (Wildman–Crippen MR) is 94.9 cm³/mol. The van der Waals surface area contributed by atoms with E-state index in [1.165, 1.54) is 0 Å². The highest BCUT2D eigenvalue weighted by Gasteiger charge is 2.16. The first kappa shape index (κ1) is 15.7. The maximum Gasteiger partial charge on any atom is 0.200 e. The minimum Gasteiger partial charge on any atom is -0.461 e. The van der Waals surface area contributed by atoms with Crippen LogP contribution in [0.5, 0.6) is 0 Å². The van der Waals surface area contributed by atoms with Gasteiger partial charge >= 0.3 is 0 Å². The Kier molecular flexibility index (Phi) is 4.39. The van der Waals surface area contributed by atoms with Crippen LogP contribution in [0.1, 0.15) is 12.6 Å². The Morgan fingerprint density at radius 3 is 2.68 bits per heavy atom. The van der Waals surface area contributed by atoms with Crippen LogP contribution in [0.3, 0.4) is 0 Å². The van der Waals surface area contributed by atoms with E-state index in [2.05, 4.69) is 22.3 Å². The molecule has 4 aromatic rings. The third-order valence-corrected chi connectivity index (χ3v) is 4.74. The van der Waals surface area contributed by atoms with Gasteiger partial charge in [-0.25, -0.2) is 0 Å². The lowest BCUT2D eigenvalue weighted by Crippen LogP contribution is -1.99. The monoisotopic (exact) mass is 352 g/mol. The SMILES string of the molecule is CCn1c(SCc2cc(-c3ccccc3)on2)nnc1-c1ccco1. The molecule has 3 heterocycles. The van der Waals surface area contributed by atoms with Crippen molar-refractivity contribution in [3.63, 3.8) is 0 Å². The lowest BCUT2D eigenvalue weighted by Gasteiger charge is -2.04. The Balaban J connectivity index is 1.50. The van der Waals surface area contributed by atoms with Crippen molar-refractivity contribution >= 4 is 11.8 Å². The van der Waals surface area contributed by atoms with Gasteiger partial charge in [0.05, 0.1) is 12.0 Å². The summed E-state index contributed by atoms with van der Waals surface area (Å²) in [5.41, 5.74) is 1.89. The van der Waals surface area contributed by atoms with Crippen LogP contribution in [0.4, 0.5) is 0 Å². The highest BCUT2D eigenvalue weighted by Crippen LogP contribution is 2.28. The highest BCUT2D eigenvalue weighted by atomic mass is 32.2. The molecule has 0 unspecified atom stereocenters. The van der Waals surface area contributed by atoms with Crippen LogP contribution in [-0.2, 0) is 12.3 Å². The zero-order valence-corrected chi connectivity index (χ0v) is 14.4. The molecule has 4 rings (SSSR count). The van der Waals surface area contributed by atoms with Crippen LogP contribution in [-0.4, -0.2) is 19.9 Å². The predicted octanol–water partition coefficient (Wildman–Crippen LogP) is 4.51. The molecule has 3 aromatic heterocycles. The van der Waals surface area contributed by atoms with Crippen molar-refractivity contribution in [2.24, 2.45) is 0 Å². The van der Waals surface area contributed by atoms with Gasteiger partial charge in [0.1, 0.15) is 0 Å². The van der Waals surface area contributed by atoms with E-state index < -0.39 is 0 Å². The number of benzene rings is 1. The van der Waals surface area contributed by atoms with E-state index >= 15 is 0 Å². The maximum atomic E-state index is 5.44. The molecular formula is C18H16N4O2S. The largest absolute Gasteiger partial charge is 0.461 e. The fraction of sp³-hybridized carbons (Fsp3) is 0.167. The zero-order valence-electron chi connectivity index (χ0n) is 13.6. The fourth-order valence-corrected chi connectivity index (χ4v) is 3.41. The molecule has 0 saturated carbocycles. The molecule has 25 heavy (non-hydrogen) atoms. The van der Waals surface area contributed by atoms with Gasteiger partial charge in [0, 0.05) is 23.9 Å². The van der Waals surface area contributed by atoms with Crippen molar-refractivity contribution < 1.29 is 8.94 Å². The van der Waals surface area contributed by atoms with E-state index in [-0.39, 0.29) is 0 Å². The normalized spacial score (nSPS) is 11.1. The first-order valence-corrected chi connectivity index (χ1v) is 8.94. The average Bonchev–Trinajstić information content (AvgIpc) is 3.39. The minimum atomic E-state index is 0.659. The molecule has 0 saturated heterocycles. The van der Waals surface area contributed by atoms with E-state index in [1.54, 1.807) is 18.0 Å². The second kappa shape index (κ2) is 6.98. The van der Waals surface area contributed by atoms with Crippen molar-refractivity contribution in [3.8, 4) is 22.9 Å². The number of nitrogens with zero attached hydrogens (tertiary/aromatic N) is 4. The molecule has 7 heteroatoms. The minimum absolute atomic E-state index is 0.659. The van der Waals surface area contributed by atoms with E-state index in [0.29, 0.717) is 11.5 Å². The van der Waals surface area contributed by atoms with Crippen molar-refractivity contribution in [1.82, 2.24) is 19.9 Å². The molecule has 0 aliphatic rings. The van der Waals surface area contributed by atoms with Gasteiger partial charge in [-0.15, -0.1) is 10.2 Å². The molecule has 0 fully saturated rings. The van der Waals surface area contributed by atoms with Crippen LogP contribution in [0, 0.1) is 0 Å². The number of thioether (sulfide) groups is 1. The third-order valence-electron chi connectivity index (χ3n) is 3.74. The summed E-state index contributed by atoms with van der Waals surface area (Å²) in [6.07, 6.45) is 1.64. The summed E-state index contributed by atoms with van der Waals surface area (Å²) in [7, 11) is 0. The molecule has 0 N–H and O–H groups in total. The van der Waals surface area contributed by atoms with Crippen LogP contribution in [0.25, 0.3) is 22.9 Å². The Labute approximate surface area is 148 Å². The van der Waals surface area contributed by atoms with Gasteiger partial charge < -0.3 is 8.94 Å². The van der Waals surface area contributed by atoms with Gasteiger partial charge in [-0.1, -0.05) is 47.3 Å². The van der Waals surface area contributed by atoms with E-state index in [9.17, 15) is 0 Å². The lowest BCUT2D eigenvalue weighted by molar-refractivity contribution is 0.426. The van der Waals surface area contributed by atoms with Crippen LogP contribution < -0.4 is 0 Å². The van der Waals surface area contributed by atoms with Crippen LogP contribution in [0.2, 0.25) is 0 Å². The molecule has 126 valence electrons. The third kappa shape index (κ3) is 3.23. The van der Waals surface area contributed by atoms with Gasteiger partial charge in [0.25, 0.3) is 0 Å². The number of hydrogen-bond acceptors (Lipinski definition) is 6. The van der Waals surface area contributed by atoms with Gasteiger partial charge in [-0.2, -0.15) is 0 Å². The van der Waals surface area contributed by atoms with Gasteiger partial charge in [-0.05, 0) is 19.1 Å². The van der Waals surface area contributed by atoms with Gasteiger partial charge in [0.2, 0.25) is 0 Å². The molecule has 0 atom stereocenters. The number of aromatic nitrogens is 4. The Bertz CT molecular complexity index is 945.